The van der Waals surface area contributed by atoms with Gasteiger partial charge < -0.3 is 15.3 Å². The van der Waals surface area contributed by atoms with Crippen molar-refractivity contribution >= 4 is 11.8 Å². The number of amides is 1. The number of rotatable bonds is 3. The molecule has 1 amide bonds. The first kappa shape index (κ1) is 13.7. The number of nitrogens with one attached hydrogen (secondary N) is 1. The van der Waals surface area contributed by atoms with Crippen LogP contribution in [-0.4, -0.2) is 30.7 Å². The fourth-order valence-electron chi connectivity index (χ4n) is 1.34. The lowest BCUT2D eigenvalue weighted by Crippen LogP contribution is -2.42. The first-order chi connectivity index (χ1) is 6.88. The fourth-order valence-corrected chi connectivity index (χ4v) is 1.34. The zero-order chi connectivity index (χ0) is 12.1. The van der Waals surface area contributed by atoms with E-state index >= 15 is 0 Å². The second kappa shape index (κ2) is 5.58. The van der Waals surface area contributed by atoms with E-state index in [1.54, 1.807) is 14.0 Å². The van der Waals surface area contributed by atoms with Crippen molar-refractivity contribution in [2.75, 3.05) is 13.7 Å². The van der Waals surface area contributed by atoms with Crippen LogP contribution >= 0.6 is 0 Å². The Balaban J connectivity index is 5.01. The van der Waals surface area contributed by atoms with Crippen molar-refractivity contribution in [3.63, 3.8) is 0 Å². The third-order valence-electron chi connectivity index (χ3n) is 2.01. The Morgan fingerprint density at radius 3 is 2.33 bits per heavy atom. The summed E-state index contributed by atoms with van der Waals surface area (Å²) in [6.07, 6.45) is 0. The minimum Gasteiger partial charge on any atom is -0.478 e. The van der Waals surface area contributed by atoms with E-state index in [-0.39, 0.29) is 17.2 Å². The molecule has 0 saturated heterocycles. The molecule has 0 aromatic carbocycles. The van der Waals surface area contributed by atoms with Crippen LogP contribution in [0.5, 0.6) is 0 Å². The molecule has 0 rings (SSSR count). The van der Waals surface area contributed by atoms with Crippen LogP contribution in [0, 0.1) is 11.3 Å². The Morgan fingerprint density at radius 1 is 1.53 bits per heavy atom. The number of hydrogen-bond acceptors (Lipinski definition) is 4. The molecule has 0 heterocycles. The molecular formula is C10H20N2O3. The summed E-state index contributed by atoms with van der Waals surface area (Å²) in [5, 5.41) is 14.4. The molecule has 0 aliphatic rings. The van der Waals surface area contributed by atoms with Gasteiger partial charge in [-0.25, -0.2) is 0 Å². The summed E-state index contributed by atoms with van der Waals surface area (Å²) >= 11 is 0. The largest absolute Gasteiger partial charge is 0.478 e. The Labute approximate surface area is 90.5 Å². The molecule has 88 valence electrons. The molecule has 5 nitrogen and oxygen atoms in total. The van der Waals surface area contributed by atoms with Gasteiger partial charge in [0.2, 0.25) is 11.8 Å². The quantitative estimate of drug-likeness (QED) is 0.322. The summed E-state index contributed by atoms with van der Waals surface area (Å²) < 4.78 is 5.14. The summed E-state index contributed by atoms with van der Waals surface area (Å²) in [6, 6.07) is 0. The molecule has 0 aromatic heterocycles. The number of nitrogens with zero attached hydrogens (tertiary/aromatic N) is 1. The number of ether oxygens (including phenoxy) is 1. The van der Waals surface area contributed by atoms with Gasteiger partial charge in [0.1, 0.15) is 5.92 Å². The number of oxime groups is 1. The van der Waals surface area contributed by atoms with Crippen molar-refractivity contribution < 1.29 is 14.7 Å². The molecule has 1 atom stereocenters. The zero-order valence-corrected chi connectivity index (χ0v) is 10.00. The van der Waals surface area contributed by atoms with Crippen LogP contribution in [0.4, 0.5) is 0 Å². The molecule has 0 aromatic rings. The van der Waals surface area contributed by atoms with Crippen molar-refractivity contribution in [3.8, 4) is 0 Å². The minimum atomic E-state index is -0.590. The van der Waals surface area contributed by atoms with E-state index in [2.05, 4.69) is 10.5 Å². The summed E-state index contributed by atoms with van der Waals surface area (Å²) in [6.45, 7) is 7.79. The second-order valence-corrected chi connectivity index (χ2v) is 4.28. The maximum absolute atomic E-state index is 11.7. The Morgan fingerprint density at radius 2 is 2.07 bits per heavy atom. The molecule has 2 N–H and O–H groups in total. The lowest BCUT2D eigenvalue weighted by atomic mass is 9.80. The third kappa shape index (κ3) is 3.77. The van der Waals surface area contributed by atoms with E-state index in [4.69, 9.17) is 9.94 Å². The van der Waals surface area contributed by atoms with Gasteiger partial charge in [0.15, 0.2) is 0 Å². The van der Waals surface area contributed by atoms with Crippen LogP contribution in [-0.2, 0) is 9.53 Å². The van der Waals surface area contributed by atoms with E-state index < -0.39 is 5.92 Å². The molecule has 0 bridgehead atoms. The van der Waals surface area contributed by atoms with Gasteiger partial charge in [-0.15, -0.1) is 0 Å². The second-order valence-electron chi connectivity index (χ2n) is 4.28. The maximum Gasteiger partial charge on any atom is 0.238 e. The molecule has 15 heavy (non-hydrogen) atoms. The highest BCUT2D eigenvalue weighted by Crippen LogP contribution is 2.27. The van der Waals surface area contributed by atoms with E-state index in [1.807, 2.05) is 20.8 Å². The van der Waals surface area contributed by atoms with Gasteiger partial charge in [-0.05, 0) is 12.3 Å². The predicted molar refractivity (Wildman–Crippen MR) is 57.9 cm³/mol. The van der Waals surface area contributed by atoms with Gasteiger partial charge in [-0.1, -0.05) is 25.9 Å². The number of carbonyl (C=O) groups excluding carboxylic acids is 1. The van der Waals surface area contributed by atoms with Crippen LogP contribution in [0.15, 0.2) is 5.16 Å². The van der Waals surface area contributed by atoms with Gasteiger partial charge in [-0.2, -0.15) is 0 Å². The molecule has 5 heteroatoms. The van der Waals surface area contributed by atoms with Crippen molar-refractivity contribution in [2.24, 2.45) is 16.5 Å². The summed E-state index contributed by atoms with van der Waals surface area (Å²) in [7, 11) is 1.54. The standard InChI is InChI=1S/C10H20N2O3/c1-6-15-9(12-14)7(8(13)11-5)10(2,3)4/h7,14H,6H2,1-5H3,(H,11,13)/b12-9-. The van der Waals surface area contributed by atoms with E-state index in [0.717, 1.165) is 0 Å². The van der Waals surface area contributed by atoms with Crippen LogP contribution in [0.3, 0.4) is 0 Å². The van der Waals surface area contributed by atoms with Gasteiger partial charge in [-0.3, -0.25) is 4.79 Å². The first-order valence-electron chi connectivity index (χ1n) is 4.94. The summed E-state index contributed by atoms with van der Waals surface area (Å²) in [4.78, 5) is 11.7. The van der Waals surface area contributed by atoms with E-state index in [0.29, 0.717) is 6.61 Å². The summed E-state index contributed by atoms with van der Waals surface area (Å²) in [5.74, 6) is -0.749. The Hall–Kier alpha value is -1.26. The molecule has 0 radical (unpaired) electrons. The van der Waals surface area contributed by atoms with Crippen molar-refractivity contribution in [2.45, 2.75) is 27.7 Å². The minimum absolute atomic E-state index is 0.0596. The molecule has 0 spiro atoms. The van der Waals surface area contributed by atoms with Crippen molar-refractivity contribution in [1.82, 2.24) is 5.32 Å². The number of carbonyl (C=O) groups is 1. The Bertz CT molecular complexity index is 244. The van der Waals surface area contributed by atoms with E-state index in [1.165, 1.54) is 0 Å². The van der Waals surface area contributed by atoms with Crippen molar-refractivity contribution in [3.05, 3.63) is 0 Å². The highest BCUT2D eigenvalue weighted by Gasteiger charge is 2.37. The smallest absolute Gasteiger partial charge is 0.238 e. The predicted octanol–water partition coefficient (Wildman–Crippen LogP) is 1.22. The number of hydrogen-bond donors (Lipinski definition) is 2. The lowest BCUT2D eigenvalue weighted by Gasteiger charge is -2.28. The lowest BCUT2D eigenvalue weighted by molar-refractivity contribution is -0.125. The topological polar surface area (TPSA) is 70.9 Å². The van der Waals surface area contributed by atoms with Gasteiger partial charge >= 0.3 is 0 Å². The molecule has 0 saturated carbocycles. The van der Waals surface area contributed by atoms with Gasteiger partial charge in [0.25, 0.3) is 0 Å². The van der Waals surface area contributed by atoms with E-state index in [9.17, 15) is 4.79 Å². The first-order valence-corrected chi connectivity index (χ1v) is 4.94. The fraction of sp³-hybridized carbons (Fsp3) is 0.800. The normalized spacial score (nSPS) is 14.6. The van der Waals surface area contributed by atoms with Gasteiger partial charge in [0.05, 0.1) is 6.61 Å². The average Bonchev–Trinajstić information content (AvgIpc) is 2.14. The highest BCUT2D eigenvalue weighted by atomic mass is 16.5. The van der Waals surface area contributed by atoms with Crippen LogP contribution in [0.25, 0.3) is 0 Å². The SMILES string of the molecule is CCO/C(=N\O)C(C(=O)NC)C(C)(C)C. The molecule has 1 unspecified atom stereocenters. The highest BCUT2D eigenvalue weighted by molar-refractivity contribution is 6.00. The van der Waals surface area contributed by atoms with Crippen LogP contribution < -0.4 is 5.32 Å². The van der Waals surface area contributed by atoms with Crippen LogP contribution in [0.2, 0.25) is 0 Å². The maximum atomic E-state index is 11.7. The summed E-state index contributed by atoms with van der Waals surface area (Å²) in [5.41, 5.74) is -0.364. The monoisotopic (exact) mass is 216 g/mol. The van der Waals surface area contributed by atoms with Crippen molar-refractivity contribution in [1.29, 1.82) is 0 Å². The molecule has 0 aliphatic heterocycles. The average molecular weight is 216 g/mol. The molecular weight excluding hydrogens is 196 g/mol. The molecule has 0 fully saturated rings. The molecule has 0 aliphatic carbocycles. The Kier molecular flexibility index (Phi) is 5.11. The van der Waals surface area contributed by atoms with Gasteiger partial charge in [0, 0.05) is 7.05 Å². The zero-order valence-electron chi connectivity index (χ0n) is 10.00. The van der Waals surface area contributed by atoms with Crippen LogP contribution in [0.1, 0.15) is 27.7 Å². The third-order valence-corrected chi connectivity index (χ3v) is 2.01.